The van der Waals surface area contributed by atoms with Crippen molar-refractivity contribution in [2.45, 2.75) is 102 Å². The van der Waals surface area contributed by atoms with Gasteiger partial charge in [-0.1, -0.05) is 85.3 Å². The van der Waals surface area contributed by atoms with Gasteiger partial charge in [0.15, 0.2) is 0 Å². The molecular formula is C42H52N6O7. The molecule has 0 saturated carbocycles. The van der Waals surface area contributed by atoms with Crippen LogP contribution in [-0.4, -0.2) is 94.9 Å². The van der Waals surface area contributed by atoms with Crippen LogP contribution in [0.2, 0.25) is 0 Å². The third-order valence-corrected chi connectivity index (χ3v) is 10.2. The second-order valence-electron chi connectivity index (χ2n) is 14.4. The maximum atomic E-state index is 14.1. The molecule has 2 aliphatic heterocycles. The number of amides is 6. The zero-order chi connectivity index (χ0) is 39.5. The minimum absolute atomic E-state index is 0.118. The normalized spacial score (nSPS) is 23.8. The molecule has 5 rings (SSSR count). The molecule has 0 spiro atoms. The number of nitrogens with one attached hydrogen (secondary N) is 5. The Morgan fingerprint density at radius 1 is 0.818 bits per heavy atom. The van der Waals surface area contributed by atoms with E-state index < -0.39 is 65.8 Å². The van der Waals surface area contributed by atoms with Crippen molar-refractivity contribution in [1.29, 1.82) is 0 Å². The molecule has 13 heteroatoms. The summed E-state index contributed by atoms with van der Waals surface area (Å²) >= 11 is 0. The van der Waals surface area contributed by atoms with Crippen molar-refractivity contribution in [2.24, 2.45) is 0 Å². The molecule has 55 heavy (non-hydrogen) atoms. The molecule has 0 bridgehead atoms. The largest absolute Gasteiger partial charge is 0.391 e. The lowest BCUT2D eigenvalue weighted by atomic mass is 9.97. The lowest BCUT2D eigenvalue weighted by Gasteiger charge is -2.30. The SMILES string of the molecule is CC[C@@H]1NC(=O)[C@@H](NC(=O)c2ccccc2-c2cccc(C)c2)CCCCNC(=O)[C@@H]2CCCN2C(=O)[C@@H](Cc2ccccc2)NC(=O)[C@H]([C@@H](C)O)NC1=O. The van der Waals surface area contributed by atoms with Crippen LogP contribution in [0.5, 0.6) is 0 Å². The van der Waals surface area contributed by atoms with Crippen LogP contribution in [0.1, 0.15) is 73.9 Å². The number of hydrogen-bond donors (Lipinski definition) is 6. The predicted octanol–water partition coefficient (Wildman–Crippen LogP) is 2.54. The van der Waals surface area contributed by atoms with E-state index in [9.17, 15) is 33.9 Å². The highest BCUT2D eigenvalue weighted by Crippen LogP contribution is 2.25. The van der Waals surface area contributed by atoms with Crippen LogP contribution in [0.4, 0.5) is 0 Å². The number of aliphatic hydroxyl groups is 1. The predicted molar refractivity (Wildman–Crippen MR) is 207 cm³/mol. The number of benzene rings is 3. The maximum absolute atomic E-state index is 14.1. The molecule has 0 aromatic heterocycles. The van der Waals surface area contributed by atoms with Crippen molar-refractivity contribution in [1.82, 2.24) is 31.5 Å². The van der Waals surface area contributed by atoms with Gasteiger partial charge in [-0.25, -0.2) is 0 Å². The molecule has 2 saturated heterocycles. The quantitative estimate of drug-likeness (QED) is 0.214. The molecule has 6 amide bonds. The minimum Gasteiger partial charge on any atom is -0.391 e. The van der Waals surface area contributed by atoms with Crippen molar-refractivity contribution in [2.75, 3.05) is 13.1 Å². The summed E-state index contributed by atoms with van der Waals surface area (Å²) in [5.41, 5.74) is 3.71. The molecule has 292 valence electrons. The van der Waals surface area contributed by atoms with E-state index >= 15 is 0 Å². The standard InChI is InChI=1S/C42H52N6O7/c1-4-32-38(51)47-36(27(3)49)41(54)46-34(25-28-15-6-5-7-16-28)42(55)48-23-13-21-35(48)40(53)43-22-11-10-20-33(39(52)44-32)45-37(50)31-19-9-8-18-30(31)29-17-12-14-26(2)24-29/h5-9,12,14-19,24,27,32-36,49H,4,10-11,13,20-23,25H2,1-3H3,(H,43,53)(H,44,52)(H,45,50)(H,46,54)(H,47,51)/t27-,32+,33+,34-,35+,36+/m1/s1. The van der Waals surface area contributed by atoms with E-state index in [1.807, 2.05) is 73.7 Å². The molecular weight excluding hydrogens is 700 g/mol. The summed E-state index contributed by atoms with van der Waals surface area (Å²) in [4.78, 5) is 84.2. The van der Waals surface area contributed by atoms with Gasteiger partial charge in [0.25, 0.3) is 5.91 Å². The molecule has 0 aliphatic carbocycles. The third-order valence-electron chi connectivity index (χ3n) is 10.2. The summed E-state index contributed by atoms with van der Waals surface area (Å²) in [5, 5.41) is 24.6. The molecule has 2 fully saturated rings. The lowest BCUT2D eigenvalue weighted by molar-refractivity contribution is -0.142. The van der Waals surface area contributed by atoms with Crippen LogP contribution in [0.25, 0.3) is 11.1 Å². The number of fused-ring (bicyclic) bond motifs is 1. The zero-order valence-electron chi connectivity index (χ0n) is 31.7. The van der Waals surface area contributed by atoms with Crippen molar-refractivity contribution >= 4 is 35.4 Å². The van der Waals surface area contributed by atoms with Gasteiger partial charge in [0, 0.05) is 25.1 Å². The van der Waals surface area contributed by atoms with Gasteiger partial charge in [0.05, 0.1) is 6.10 Å². The molecule has 0 radical (unpaired) electrons. The first-order chi connectivity index (χ1) is 26.5. The van der Waals surface area contributed by atoms with Crippen LogP contribution >= 0.6 is 0 Å². The summed E-state index contributed by atoms with van der Waals surface area (Å²) in [6.45, 7) is 5.59. The van der Waals surface area contributed by atoms with Crippen molar-refractivity contribution in [3.63, 3.8) is 0 Å². The Hall–Kier alpha value is -5.56. The van der Waals surface area contributed by atoms with E-state index in [0.29, 0.717) is 43.4 Å². The van der Waals surface area contributed by atoms with Crippen LogP contribution in [0.3, 0.4) is 0 Å². The Bertz CT molecular complexity index is 1850. The second kappa shape index (κ2) is 19.2. The summed E-state index contributed by atoms with van der Waals surface area (Å²) in [7, 11) is 0. The van der Waals surface area contributed by atoms with Gasteiger partial charge in [-0.15, -0.1) is 0 Å². The topological polar surface area (TPSA) is 186 Å². The minimum atomic E-state index is -1.47. The fourth-order valence-corrected chi connectivity index (χ4v) is 7.15. The highest BCUT2D eigenvalue weighted by molar-refractivity contribution is 6.03. The van der Waals surface area contributed by atoms with Crippen LogP contribution in [0, 0.1) is 6.92 Å². The van der Waals surface area contributed by atoms with Crippen LogP contribution in [0.15, 0.2) is 78.9 Å². The second-order valence-corrected chi connectivity index (χ2v) is 14.4. The van der Waals surface area contributed by atoms with E-state index in [0.717, 1.165) is 16.7 Å². The first-order valence-corrected chi connectivity index (χ1v) is 19.1. The summed E-state index contributed by atoms with van der Waals surface area (Å²) in [6.07, 6.45) is 1.06. The maximum Gasteiger partial charge on any atom is 0.252 e. The average molecular weight is 753 g/mol. The van der Waals surface area contributed by atoms with E-state index in [-0.39, 0.29) is 31.7 Å². The highest BCUT2D eigenvalue weighted by atomic mass is 16.3. The zero-order valence-corrected chi connectivity index (χ0v) is 31.7. The fraction of sp³-hybridized carbons (Fsp3) is 0.429. The number of nitrogens with zero attached hydrogens (tertiary/aromatic N) is 1. The Morgan fingerprint density at radius 3 is 2.27 bits per heavy atom. The van der Waals surface area contributed by atoms with E-state index in [2.05, 4.69) is 26.6 Å². The van der Waals surface area contributed by atoms with Gasteiger partial charge in [-0.2, -0.15) is 0 Å². The molecule has 13 nitrogen and oxygen atoms in total. The van der Waals surface area contributed by atoms with E-state index in [4.69, 9.17) is 0 Å². The Kier molecular flexibility index (Phi) is 14.1. The molecule has 6 atom stereocenters. The molecule has 0 unspecified atom stereocenters. The lowest BCUT2D eigenvalue weighted by Crippen LogP contribution is -2.61. The summed E-state index contributed by atoms with van der Waals surface area (Å²) < 4.78 is 0. The molecule has 2 heterocycles. The number of aliphatic hydroxyl groups excluding tert-OH is 1. The smallest absolute Gasteiger partial charge is 0.252 e. The number of carbonyl (C=O) groups is 6. The Morgan fingerprint density at radius 2 is 1.55 bits per heavy atom. The summed E-state index contributed by atoms with van der Waals surface area (Å²) in [6, 6.07) is 18.5. The fourth-order valence-electron chi connectivity index (χ4n) is 7.15. The number of aryl methyl sites for hydroxylation is 1. The first-order valence-electron chi connectivity index (χ1n) is 19.1. The van der Waals surface area contributed by atoms with Crippen molar-refractivity contribution < 1.29 is 33.9 Å². The monoisotopic (exact) mass is 752 g/mol. The Labute approximate surface area is 322 Å². The van der Waals surface area contributed by atoms with Crippen molar-refractivity contribution in [3.05, 3.63) is 95.6 Å². The van der Waals surface area contributed by atoms with Gasteiger partial charge >= 0.3 is 0 Å². The molecule has 2 aliphatic rings. The van der Waals surface area contributed by atoms with Crippen LogP contribution in [-0.2, 0) is 30.4 Å². The number of rotatable bonds is 7. The Balaban J connectivity index is 1.41. The van der Waals surface area contributed by atoms with E-state index in [1.54, 1.807) is 19.1 Å². The van der Waals surface area contributed by atoms with Gasteiger partial charge in [-0.05, 0) is 75.1 Å². The number of hydrogen-bond acceptors (Lipinski definition) is 7. The summed E-state index contributed by atoms with van der Waals surface area (Å²) in [5.74, 6) is -3.34. The van der Waals surface area contributed by atoms with Crippen LogP contribution < -0.4 is 26.6 Å². The average Bonchev–Trinajstić information content (AvgIpc) is 3.68. The van der Waals surface area contributed by atoms with Gasteiger partial charge in [-0.3, -0.25) is 28.8 Å². The van der Waals surface area contributed by atoms with Crippen molar-refractivity contribution in [3.8, 4) is 11.1 Å². The molecule has 3 aromatic rings. The van der Waals surface area contributed by atoms with E-state index in [1.165, 1.54) is 11.8 Å². The van der Waals surface area contributed by atoms with Gasteiger partial charge in [0.2, 0.25) is 29.5 Å². The third kappa shape index (κ3) is 10.6. The molecule has 3 aromatic carbocycles. The number of carbonyl (C=O) groups excluding carboxylic acids is 6. The first kappa shape index (κ1) is 40.6. The van der Waals surface area contributed by atoms with Gasteiger partial charge < -0.3 is 36.6 Å². The van der Waals surface area contributed by atoms with Gasteiger partial charge in [0.1, 0.15) is 30.2 Å². The highest BCUT2D eigenvalue weighted by Gasteiger charge is 2.39. The molecule has 6 N–H and O–H groups in total.